The van der Waals surface area contributed by atoms with Crippen molar-refractivity contribution in [1.82, 2.24) is 20.2 Å². The number of morpholine rings is 1. The number of ether oxygens (including phenoxy) is 2. The number of piperidine rings is 1. The average molecular weight is 495 g/mol. The Morgan fingerprint density at radius 3 is 2.58 bits per heavy atom. The Kier molecular flexibility index (Phi) is 6.42. The number of carbonyl (C=O) groups is 2. The number of fused-ring (bicyclic) bond motifs is 1. The van der Waals surface area contributed by atoms with E-state index in [2.05, 4.69) is 23.6 Å². The van der Waals surface area contributed by atoms with E-state index in [4.69, 9.17) is 9.47 Å². The highest BCUT2D eigenvalue weighted by molar-refractivity contribution is 5.86. The van der Waals surface area contributed by atoms with Gasteiger partial charge in [0, 0.05) is 38.3 Å². The van der Waals surface area contributed by atoms with Crippen molar-refractivity contribution in [1.29, 1.82) is 0 Å². The first-order valence-corrected chi connectivity index (χ1v) is 13.7. The molecule has 6 rings (SSSR count). The van der Waals surface area contributed by atoms with E-state index in [0.29, 0.717) is 25.6 Å². The Hall–Kier alpha value is -2.58. The van der Waals surface area contributed by atoms with Crippen LogP contribution in [0.25, 0.3) is 0 Å². The number of rotatable bonds is 4. The van der Waals surface area contributed by atoms with E-state index < -0.39 is 0 Å². The van der Waals surface area contributed by atoms with Gasteiger partial charge in [0.05, 0.1) is 18.8 Å². The minimum absolute atomic E-state index is 0.0434. The second kappa shape index (κ2) is 9.71. The third-order valence-corrected chi connectivity index (χ3v) is 8.49. The highest BCUT2D eigenvalue weighted by Gasteiger charge is 2.42. The third-order valence-electron chi connectivity index (χ3n) is 8.49. The van der Waals surface area contributed by atoms with Gasteiger partial charge >= 0.3 is 0 Å². The lowest BCUT2D eigenvalue weighted by Gasteiger charge is -2.37. The molecule has 4 aliphatic heterocycles. The predicted molar refractivity (Wildman–Crippen MR) is 135 cm³/mol. The van der Waals surface area contributed by atoms with Gasteiger partial charge in [-0.15, -0.1) is 0 Å². The zero-order chi connectivity index (χ0) is 24.8. The molecule has 0 aromatic heterocycles. The molecule has 0 radical (unpaired) electrons. The minimum Gasteiger partial charge on any atom is -0.493 e. The Morgan fingerprint density at radius 1 is 1.03 bits per heavy atom. The number of carbonyl (C=O) groups excluding carboxylic acids is 2. The Morgan fingerprint density at radius 2 is 1.81 bits per heavy atom. The SMILES string of the molecule is C[C@@H]1CN(C(=O)C2NN(CC(=O)N3CCC(c4ccc5c(c4)CCO5)CC3)C3=C2CCC3)C[C@H](C)O1. The van der Waals surface area contributed by atoms with E-state index >= 15 is 0 Å². The summed E-state index contributed by atoms with van der Waals surface area (Å²) in [5, 5.41) is 1.98. The molecule has 1 N–H and O–H groups in total. The molecular formula is C28H38N4O4. The van der Waals surface area contributed by atoms with Crippen molar-refractivity contribution in [2.45, 2.75) is 76.5 Å². The summed E-state index contributed by atoms with van der Waals surface area (Å²) in [6.07, 6.45) is 5.96. The molecule has 194 valence electrons. The van der Waals surface area contributed by atoms with Gasteiger partial charge in [-0.05, 0) is 74.6 Å². The summed E-state index contributed by atoms with van der Waals surface area (Å²) in [7, 11) is 0. The molecular weight excluding hydrogens is 456 g/mol. The molecule has 5 aliphatic rings. The summed E-state index contributed by atoms with van der Waals surface area (Å²) < 4.78 is 11.5. The molecule has 1 aromatic rings. The van der Waals surface area contributed by atoms with Gasteiger partial charge in [-0.25, -0.2) is 5.43 Å². The van der Waals surface area contributed by atoms with Crippen LogP contribution in [-0.2, 0) is 20.7 Å². The molecule has 36 heavy (non-hydrogen) atoms. The number of amides is 2. The first-order chi connectivity index (χ1) is 17.5. The Labute approximate surface area is 213 Å². The van der Waals surface area contributed by atoms with Gasteiger partial charge in [0.15, 0.2) is 0 Å². The summed E-state index contributed by atoms with van der Waals surface area (Å²) in [5.74, 6) is 1.78. The van der Waals surface area contributed by atoms with Crippen LogP contribution in [0.5, 0.6) is 5.75 Å². The number of hydrazine groups is 1. The average Bonchev–Trinajstić information content (AvgIpc) is 3.60. The summed E-state index contributed by atoms with van der Waals surface area (Å²) in [6.45, 7) is 7.91. The van der Waals surface area contributed by atoms with Crippen LogP contribution in [0.1, 0.15) is 63.0 Å². The van der Waals surface area contributed by atoms with Crippen LogP contribution in [0.15, 0.2) is 29.5 Å². The first kappa shape index (κ1) is 23.8. The van der Waals surface area contributed by atoms with E-state index in [1.807, 2.05) is 28.7 Å². The summed E-state index contributed by atoms with van der Waals surface area (Å²) >= 11 is 0. The zero-order valence-electron chi connectivity index (χ0n) is 21.5. The first-order valence-electron chi connectivity index (χ1n) is 13.7. The fourth-order valence-electron chi connectivity index (χ4n) is 6.73. The van der Waals surface area contributed by atoms with Crippen LogP contribution in [-0.4, -0.2) is 84.2 Å². The van der Waals surface area contributed by atoms with Crippen LogP contribution in [0.4, 0.5) is 0 Å². The largest absolute Gasteiger partial charge is 0.493 e. The lowest BCUT2D eigenvalue weighted by Crippen LogP contribution is -2.56. The highest BCUT2D eigenvalue weighted by atomic mass is 16.5. The maximum atomic E-state index is 13.5. The number of nitrogens with one attached hydrogen (secondary N) is 1. The normalized spacial score (nSPS) is 28.4. The number of likely N-dealkylation sites (tertiary alicyclic amines) is 1. The second-order valence-electron chi connectivity index (χ2n) is 11.1. The fraction of sp³-hybridized carbons (Fsp3) is 0.643. The van der Waals surface area contributed by atoms with Crippen LogP contribution in [0.2, 0.25) is 0 Å². The van der Waals surface area contributed by atoms with E-state index in [-0.39, 0.29) is 30.1 Å². The number of allylic oxidation sites excluding steroid dienone is 1. The second-order valence-corrected chi connectivity index (χ2v) is 11.1. The monoisotopic (exact) mass is 494 g/mol. The molecule has 1 unspecified atom stereocenters. The quantitative estimate of drug-likeness (QED) is 0.694. The molecule has 0 bridgehead atoms. The maximum Gasteiger partial charge on any atom is 0.246 e. The summed E-state index contributed by atoms with van der Waals surface area (Å²) in [5.41, 5.74) is 8.45. The van der Waals surface area contributed by atoms with Gasteiger partial charge in [-0.2, -0.15) is 0 Å². The van der Waals surface area contributed by atoms with E-state index in [1.54, 1.807) is 0 Å². The Balaban J connectivity index is 1.06. The molecule has 4 heterocycles. The van der Waals surface area contributed by atoms with Crippen LogP contribution < -0.4 is 10.2 Å². The van der Waals surface area contributed by atoms with Crippen molar-refractivity contribution in [3.8, 4) is 5.75 Å². The van der Waals surface area contributed by atoms with Gasteiger partial charge in [-0.1, -0.05) is 12.1 Å². The standard InChI is InChI=1S/C28H38N4O4/c1-18-15-31(16-19(2)36-18)28(34)27-23-4-3-5-24(23)32(29-27)17-26(33)30-11-8-20(9-12-30)21-6-7-25-22(14-21)10-13-35-25/h6-7,14,18-20,27,29H,3-5,8-13,15-17H2,1-2H3/t18-,19+,27?. The van der Waals surface area contributed by atoms with Crippen molar-refractivity contribution in [2.24, 2.45) is 0 Å². The molecule has 2 saturated heterocycles. The molecule has 1 aromatic carbocycles. The van der Waals surface area contributed by atoms with Crippen LogP contribution in [0, 0.1) is 0 Å². The van der Waals surface area contributed by atoms with Crippen LogP contribution in [0.3, 0.4) is 0 Å². The van der Waals surface area contributed by atoms with Gasteiger partial charge in [0.2, 0.25) is 11.8 Å². The van der Waals surface area contributed by atoms with Crippen molar-refractivity contribution >= 4 is 11.8 Å². The van der Waals surface area contributed by atoms with E-state index in [9.17, 15) is 9.59 Å². The summed E-state index contributed by atoms with van der Waals surface area (Å²) in [4.78, 5) is 30.7. The van der Waals surface area contributed by atoms with Gasteiger partial charge < -0.3 is 24.3 Å². The number of benzene rings is 1. The van der Waals surface area contributed by atoms with Crippen LogP contribution >= 0.6 is 0 Å². The molecule has 3 atom stereocenters. The third kappa shape index (κ3) is 4.50. The van der Waals surface area contributed by atoms with Crippen molar-refractivity contribution in [2.75, 3.05) is 39.3 Å². The molecule has 8 heteroatoms. The molecule has 2 fully saturated rings. The lowest BCUT2D eigenvalue weighted by atomic mass is 9.88. The maximum absolute atomic E-state index is 13.5. The van der Waals surface area contributed by atoms with E-state index in [0.717, 1.165) is 69.7 Å². The molecule has 2 amide bonds. The number of hydrogen-bond donors (Lipinski definition) is 1. The van der Waals surface area contributed by atoms with Crippen molar-refractivity contribution in [3.63, 3.8) is 0 Å². The van der Waals surface area contributed by atoms with Gasteiger partial charge in [0.25, 0.3) is 0 Å². The highest BCUT2D eigenvalue weighted by Crippen LogP contribution is 2.37. The molecule has 1 aliphatic carbocycles. The summed E-state index contributed by atoms with van der Waals surface area (Å²) in [6, 6.07) is 6.26. The predicted octanol–water partition coefficient (Wildman–Crippen LogP) is 2.59. The Bertz CT molecular complexity index is 1050. The topological polar surface area (TPSA) is 74.4 Å². The molecule has 0 spiro atoms. The van der Waals surface area contributed by atoms with Gasteiger partial charge in [-0.3, -0.25) is 9.59 Å². The van der Waals surface area contributed by atoms with Crippen molar-refractivity contribution < 1.29 is 19.1 Å². The lowest BCUT2D eigenvalue weighted by molar-refractivity contribution is -0.145. The number of hydrogen-bond acceptors (Lipinski definition) is 6. The van der Waals surface area contributed by atoms with Gasteiger partial charge in [0.1, 0.15) is 18.3 Å². The molecule has 0 saturated carbocycles. The van der Waals surface area contributed by atoms with E-state index in [1.165, 1.54) is 16.7 Å². The minimum atomic E-state index is -0.345. The number of nitrogens with zero attached hydrogens (tertiary/aromatic N) is 3. The zero-order valence-corrected chi connectivity index (χ0v) is 21.5. The molecule has 8 nitrogen and oxygen atoms in total. The van der Waals surface area contributed by atoms with Crippen molar-refractivity contribution in [3.05, 3.63) is 40.6 Å². The fourth-order valence-corrected chi connectivity index (χ4v) is 6.73. The smallest absolute Gasteiger partial charge is 0.246 e.